The molecule has 6 heteroatoms. The van der Waals surface area contributed by atoms with Crippen LogP contribution < -0.4 is 10.1 Å². The van der Waals surface area contributed by atoms with Crippen LogP contribution in [0, 0.1) is 0 Å². The van der Waals surface area contributed by atoms with Gasteiger partial charge in [0, 0.05) is 32.6 Å². The third-order valence-corrected chi connectivity index (χ3v) is 5.12. The van der Waals surface area contributed by atoms with Crippen LogP contribution in [0.2, 0.25) is 0 Å². The van der Waals surface area contributed by atoms with E-state index in [0.717, 1.165) is 57.4 Å². The number of nitrogens with one attached hydrogen (secondary N) is 1. The van der Waals surface area contributed by atoms with E-state index in [0.29, 0.717) is 5.92 Å². The Morgan fingerprint density at radius 1 is 1.27 bits per heavy atom. The summed E-state index contributed by atoms with van der Waals surface area (Å²) in [6, 6.07) is 8.48. The molecule has 0 aliphatic carbocycles. The van der Waals surface area contributed by atoms with Crippen molar-refractivity contribution in [1.29, 1.82) is 0 Å². The van der Waals surface area contributed by atoms with E-state index in [1.54, 1.807) is 7.11 Å². The molecule has 1 aliphatic rings. The lowest BCUT2D eigenvalue weighted by Crippen LogP contribution is -2.41. The van der Waals surface area contributed by atoms with Gasteiger partial charge in [-0.15, -0.1) is 24.0 Å². The minimum Gasteiger partial charge on any atom is -0.497 e. The lowest BCUT2D eigenvalue weighted by molar-refractivity contribution is 0.299. The number of guanidine groups is 1. The lowest BCUT2D eigenvalue weighted by Gasteiger charge is -2.23. The molecule has 1 aromatic rings. The van der Waals surface area contributed by atoms with Gasteiger partial charge in [-0.25, -0.2) is 0 Å². The van der Waals surface area contributed by atoms with Crippen molar-refractivity contribution in [3.8, 4) is 5.75 Å². The summed E-state index contributed by atoms with van der Waals surface area (Å²) >= 11 is 0. The van der Waals surface area contributed by atoms with Crippen molar-refractivity contribution >= 4 is 29.9 Å². The predicted octanol–water partition coefficient (Wildman–Crippen LogP) is 3.41. The topological polar surface area (TPSA) is 40.1 Å². The minimum absolute atomic E-state index is 0. The zero-order valence-corrected chi connectivity index (χ0v) is 19.0. The van der Waals surface area contributed by atoms with Crippen LogP contribution in [0.15, 0.2) is 29.3 Å². The van der Waals surface area contributed by atoms with E-state index in [1.165, 1.54) is 12.0 Å². The summed E-state index contributed by atoms with van der Waals surface area (Å²) in [5.74, 6) is 2.53. The molecule has 0 saturated carbocycles. The number of hydrogen-bond acceptors (Lipinski definition) is 3. The standard InChI is InChI=1S/C20H34N4O.HI/c1-5-23(6-2)14-7-13-22-20(21-3)24-15-12-18(16-24)17-8-10-19(25-4)11-9-17;/h8-11,18H,5-7,12-16H2,1-4H3,(H,21,22);1H. The van der Waals surface area contributed by atoms with Crippen LogP contribution in [0.1, 0.15) is 38.2 Å². The molecule has 0 bridgehead atoms. The van der Waals surface area contributed by atoms with E-state index in [9.17, 15) is 0 Å². The number of hydrogen-bond donors (Lipinski definition) is 1. The van der Waals surface area contributed by atoms with Gasteiger partial charge in [-0.2, -0.15) is 0 Å². The summed E-state index contributed by atoms with van der Waals surface area (Å²) in [6.07, 6.45) is 2.32. The highest BCUT2D eigenvalue weighted by Gasteiger charge is 2.25. The number of ether oxygens (including phenoxy) is 1. The van der Waals surface area contributed by atoms with E-state index in [4.69, 9.17) is 4.74 Å². The van der Waals surface area contributed by atoms with Crippen molar-refractivity contribution in [2.24, 2.45) is 4.99 Å². The van der Waals surface area contributed by atoms with Gasteiger partial charge in [0.2, 0.25) is 0 Å². The Morgan fingerprint density at radius 2 is 1.96 bits per heavy atom. The molecule has 1 N–H and O–H groups in total. The molecule has 1 aliphatic heterocycles. The molecular formula is C20H35IN4O. The second-order valence-corrected chi connectivity index (χ2v) is 6.56. The molecule has 148 valence electrons. The predicted molar refractivity (Wildman–Crippen MR) is 121 cm³/mol. The third kappa shape index (κ3) is 6.61. The second kappa shape index (κ2) is 12.4. The maximum atomic E-state index is 5.25. The molecule has 2 rings (SSSR count). The van der Waals surface area contributed by atoms with Crippen LogP contribution in [-0.2, 0) is 0 Å². The summed E-state index contributed by atoms with van der Waals surface area (Å²) in [5, 5.41) is 3.53. The fourth-order valence-electron chi connectivity index (χ4n) is 3.48. The monoisotopic (exact) mass is 474 g/mol. The Hall–Kier alpha value is -1.02. The molecular weight excluding hydrogens is 439 g/mol. The molecule has 1 heterocycles. The number of rotatable bonds is 8. The van der Waals surface area contributed by atoms with E-state index < -0.39 is 0 Å². The highest BCUT2D eigenvalue weighted by Crippen LogP contribution is 2.28. The van der Waals surface area contributed by atoms with Crippen molar-refractivity contribution in [2.45, 2.75) is 32.6 Å². The zero-order chi connectivity index (χ0) is 18.1. The molecule has 0 amide bonds. The van der Waals surface area contributed by atoms with Gasteiger partial charge in [-0.1, -0.05) is 26.0 Å². The molecule has 1 saturated heterocycles. The average molecular weight is 474 g/mol. The first kappa shape index (κ1) is 23.0. The first-order chi connectivity index (χ1) is 12.2. The molecule has 5 nitrogen and oxygen atoms in total. The van der Waals surface area contributed by atoms with Gasteiger partial charge >= 0.3 is 0 Å². The largest absolute Gasteiger partial charge is 0.497 e. The highest BCUT2D eigenvalue weighted by atomic mass is 127. The highest BCUT2D eigenvalue weighted by molar-refractivity contribution is 14.0. The molecule has 0 radical (unpaired) electrons. The Labute approximate surface area is 176 Å². The van der Waals surface area contributed by atoms with Crippen molar-refractivity contribution in [1.82, 2.24) is 15.1 Å². The summed E-state index contributed by atoms with van der Waals surface area (Å²) in [5.41, 5.74) is 1.39. The maximum absolute atomic E-state index is 5.25. The van der Waals surface area contributed by atoms with Crippen LogP contribution in [0.3, 0.4) is 0 Å². The van der Waals surface area contributed by atoms with E-state index in [1.807, 2.05) is 7.05 Å². The van der Waals surface area contributed by atoms with Gasteiger partial charge in [0.15, 0.2) is 5.96 Å². The number of halogens is 1. The number of nitrogens with zero attached hydrogens (tertiary/aromatic N) is 3. The van der Waals surface area contributed by atoms with Gasteiger partial charge < -0.3 is 19.9 Å². The van der Waals surface area contributed by atoms with Crippen LogP contribution >= 0.6 is 24.0 Å². The van der Waals surface area contributed by atoms with Crippen LogP contribution in [-0.4, -0.2) is 69.2 Å². The summed E-state index contributed by atoms with van der Waals surface area (Å²) in [6.45, 7) is 10.9. The van der Waals surface area contributed by atoms with Gasteiger partial charge in [0.05, 0.1) is 7.11 Å². The van der Waals surface area contributed by atoms with Crippen molar-refractivity contribution in [3.05, 3.63) is 29.8 Å². The summed E-state index contributed by atoms with van der Waals surface area (Å²) in [4.78, 5) is 9.32. The molecule has 1 fully saturated rings. The first-order valence-electron chi connectivity index (χ1n) is 9.53. The average Bonchev–Trinajstić information content (AvgIpc) is 3.15. The first-order valence-corrected chi connectivity index (χ1v) is 9.53. The molecule has 0 spiro atoms. The van der Waals surface area contributed by atoms with E-state index >= 15 is 0 Å². The van der Waals surface area contributed by atoms with E-state index in [2.05, 4.69) is 58.2 Å². The zero-order valence-electron chi connectivity index (χ0n) is 16.7. The van der Waals surface area contributed by atoms with Crippen LogP contribution in [0.4, 0.5) is 0 Å². The SMILES string of the molecule is CCN(CC)CCCNC(=NC)N1CCC(c2ccc(OC)cc2)C1.I. The van der Waals surface area contributed by atoms with Crippen LogP contribution in [0.5, 0.6) is 5.75 Å². The second-order valence-electron chi connectivity index (χ2n) is 6.56. The fourth-order valence-corrected chi connectivity index (χ4v) is 3.48. The Bertz CT molecular complexity index is 531. The Balaban J connectivity index is 0.00000338. The van der Waals surface area contributed by atoms with Gasteiger partial charge in [0.25, 0.3) is 0 Å². The number of likely N-dealkylation sites (tertiary alicyclic amines) is 1. The fraction of sp³-hybridized carbons (Fsp3) is 0.650. The van der Waals surface area contributed by atoms with Gasteiger partial charge in [0.1, 0.15) is 5.75 Å². The van der Waals surface area contributed by atoms with Crippen molar-refractivity contribution in [2.75, 3.05) is 53.4 Å². The van der Waals surface area contributed by atoms with Crippen molar-refractivity contribution in [3.63, 3.8) is 0 Å². The normalized spacial score (nSPS) is 17.3. The third-order valence-electron chi connectivity index (χ3n) is 5.12. The summed E-state index contributed by atoms with van der Waals surface area (Å²) < 4.78 is 5.25. The molecule has 0 aromatic heterocycles. The Morgan fingerprint density at radius 3 is 2.54 bits per heavy atom. The smallest absolute Gasteiger partial charge is 0.193 e. The summed E-state index contributed by atoms with van der Waals surface area (Å²) in [7, 11) is 3.59. The lowest BCUT2D eigenvalue weighted by atomic mass is 9.98. The minimum atomic E-state index is 0. The molecule has 1 atom stereocenters. The molecule has 1 aromatic carbocycles. The van der Waals surface area contributed by atoms with Crippen LogP contribution in [0.25, 0.3) is 0 Å². The molecule has 1 unspecified atom stereocenters. The number of methoxy groups -OCH3 is 1. The number of benzene rings is 1. The van der Waals surface area contributed by atoms with Crippen molar-refractivity contribution < 1.29 is 4.74 Å². The quantitative estimate of drug-likeness (QED) is 0.271. The maximum Gasteiger partial charge on any atom is 0.193 e. The van der Waals surface area contributed by atoms with Gasteiger partial charge in [-0.05, 0) is 50.2 Å². The Kier molecular flexibility index (Phi) is 11.0. The van der Waals surface area contributed by atoms with E-state index in [-0.39, 0.29) is 24.0 Å². The van der Waals surface area contributed by atoms with Gasteiger partial charge in [-0.3, -0.25) is 4.99 Å². The number of aliphatic imine (C=N–C) groups is 1. The molecule has 26 heavy (non-hydrogen) atoms.